The molecule has 0 unspecified atom stereocenters. The molecule has 1 atom stereocenters. The maximum absolute atomic E-state index is 11.9. The molecule has 0 fully saturated rings. The molecule has 1 amide bonds. The van der Waals surface area contributed by atoms with Gasteiger partial charge in [0.05, 0.1) is 0 Å². The molecular formula is C18H20NO6-. The van der Waals surface area contributed by atoms with Crippen LogP contribution in [0.25, 0.3) is 11.0 Å². The third-order valence-corrected chi connectivity index (χ3v) is 3.72. The fourth-order valence-electron chi connectivity index (χ4n) is 2.42. The summed E-state index contributed by atoms with van der Waals surface area (Å²) in [6, 6.07) is 6.54. The Morgan fingerprint density at radius 1 is 1.32 bits per heavy atom. The fraction of sp³-hybridized carbons (Fsp3) is 0.389. The predicted octanol–water partition coefficient (Wildman–Crippen LogP) is 0.769. The molecule has 0 aliphatic heterocycles. The summed E-state index contributed by atoms with van der Waals surface area (Å²) in [7, 11) is 0. The van der Waals surface area contributed by atoms with E-state index in [2.05, 4.69) is 5.32 Å². The number of aryl methyl sites for hydroxylation is 1. The molecule has 0 saturated heterocycles. The van der Waals surface area contributed by atoms with Crippen molar-refractivity contribution in [3.63, 3.8) is 0 Å². The van der Waals surface area contributed by atoms with Crippen molar-refractivity contribution in [3.8, 4) is 5.75 Å². The number of rotatable bonds is 8. The van der Waals surface area contributed by atoms with Crippen LogP contribution in [0.15, 0.2) is 33.5 Å². The van der Waals surface area contributed by atoms with Crippen LogP contribution in [0.3, 0.4) is 0 Å². The third-order valence-electron chi connectivity index (χ3n) is 3.72. The Kier molecular flexibility index (Phi) is 6.16. The highest BCUT2D eigenvalue weighted by Gasteiger charge is 2.15. The van der Waals surface area contributed by atoms with Crippen LogP contribution < -0.4 is 20.8 Å². The lowest BCUT2D eigenvalue weighted by Gasteiger charge is -2.15. The Morgan fingerprint density at radius 3 is 2.76 bits per heavy atom. The smallest absolute Gasteiger partial charge is 0.336 e. The number of fused-ring (bicyclic) bond motifs is 1. The number of carbonyl (C=O) groups is 2. The van der Waals surface area contributed by atoms with E-state index in [9.17, 15) is 19.5 Å². The van der Waals surface area contributed by atoms with E-state index in [0.29, 0.717) is 24.2 Å². The number of nitrogens with one attached hydrogen (secondary N) is 1. The summed E-state index contributed by atoms with van der Waals surface area (Å²) in [5.74, 6) is -1.11. The quantitative estimate of drug-likeness (QED) is 0.558. The molecule has 0 aliphatic rings. The molecule has 2 rings (SSSR count). The summed E-state index contributed by atoms with van der Waals surface area (Å²) < 4.78 is 10.8. The van der Waals surface area contributed by atoms with Crippen molar-refractivity contribution in [2.75, 3.05) is 6.54 Å². The zero-order chi connectivity index (χ0) is 18.4. The molecule has 25 heavy (non-hydrogen) atoms. The number of amides is 1. The first-order valence-corrected chi connectivity index (χ1v) is 8.11. The van der Waals surface area contributed by atoms with Gasteiger partial charge in [0.2, 0.25) is 0 Å². The summed E-state index contributed by atoms with van der Waals surface area (Å²) in [5, 5.41) is 13.7. The Morgan fingerprint density at radius 2 is 2.08 bits per heavy atom. The summed E-state index contributed by atoms with van der Waals surface area (Å²) in [5.41, 5.74) is 0.861. The van der Waals surface area contributed by atoms with Crippen LogP contribution in [-0.4, -0.2) is 24.5 Å². The van der Waals surface area contributed by atoms with Crippen LogP contribution in [-0.2, 0) is 16.0 Å². The molecule has 1 heterocycles. The van der Waals surface area contributed by atoms with E-state index in [0.717, 1.165) is 10.9 Å². The standard InChI is InChI=1S/C18H21NO6/c1-3-12-9-17(22)25-15-10-13(6-7-14(12)15)24-11(2)18(23)19-8-4-5-16(20)21/h6-7,9-11H,3-5,8H2,1-2H3,(H,19,23)(H,20,21)/p-1/t11-/m0/s1. The minimum Gasteiger partial charge on any atom is -0.550 e. The van der Waals surface area contributed by atoms with Crippen molar-refractivity contribution in [1.29, 1.82) is 0 Å². The van der Waals surface area contributed by atoms with Crippen molar-refractivity contribution < 1.29 is 23.8 Å². The minimum absolute atomic E-state index is 0.112. The number of carboxylic acid groups (broad SMARTS) is 1. The van der Waals surface area contributed by atoms with Crippen LogP contribution in [0.4, 0.5) is 0 Å². The second kappa shape index (κ2) is 8.32. The van der Waals surface area contributed by atoms with E-state index in [1.54, 1.807) is 25.1 Å². The Balaban J connectivity index is 2.03. The molecule has 134 valence electrons. The third kappa shape index (κ3) is 5.07. The summed E-state index contributed by atoms with van der Waals surface area (Å²) in [6.45, 7) is 3.76. The minimum atomic E-state index is -1.15. The van der Waals surface area contributed by atoms with E-state index < -0.39 is 17.7 Å². The second-order valence-corrected chi connectivity index (χ2v) is 5.63. The molecular weight excluding hydrogens is 326 g/mol. The highest BCUT2D eigenvalue weighted by Crippen LogP contribution is 2.23. The van der Waals surface area contributed by atoms with Gasteiger partial charge in [-0.3, -0.25) is 4.79 Å². The van der Waals surface area contributed by atoms with Gasteiger partial charge in [0.1, 0.15) is 11.3 Å². The van der Waals surface area contributed by atoms with Gasteiger partial charge in [0.25, 0.3) is 5.91 Å². The molecule has 1 N–H and O–H groups in total. The van der Waals surface area contributed by atoms with Crippen molar-refractivity contribution in [3.05, 3.63) is 40.2 Å². The van der Waals surface area contributed by atoms with Gasteiger partial charge in [0.15, 0.2) is 6.10 Å². The van der Waals surface area contributed by atoms with E-state index in [1.165, 1.54) is 6.07 Å². The number of hydrogen-bond acceptors (Lipinski definition) is 6. The lowest BCUT2D eigenvalue weighted by atomic mass is 10.1. The van der Waals surface area contributed by atoms with Gasteiger partial charge < -0.3 is 24.4 Å². The molecule has 7 nitrogen and oxygen atoms in total. The maximum Gasteiger partial charge on any atom is 0.336 e. The zero-order valence-corrected chi connectivity index (χ0v) is 14.2. The average Bonchev–Trinajstić information content (AvgIpc) is 2.57. The van der Waals surface area contributed by atoms with Crippen LogP contribution in [0, 0.1) is 0 Å². The summed E-state index contributed by atoms with van der Waals surface area (Å²) >= 11 is 0. The first kappa shape index (κ1) is 18.5. The molecule has 0 aliphatic carbocycles. The van der Waals surface area contributed by atoms with E-state index in [1.807, 2.05) is 6.92 Å². The van der Waals surface area contributed by atoms with Crippen molar-refractivity contribution in [2.24, 2.45) is 0 Å². The molecule has 0 radical (unpaired) electrons. The van der Waals surface area contributed by atoms with Gasteiger partial charge in [-0.25, -0.2) is 4.79 Å². The normalized spacial score (nSPS) is 11.9. The number of benzene rings is 1. The van der Waals surface area contributed by atoms with Gasteiger partial charge >= 0.3 is 5.63 Å². The summed E-state index contributed by atoms with van der Waals surface area (Å²) in [4.78, 5) is 33.8. The predicted molar refractivity (Wildman–Crippen MR) is 89.2 cm³/mol. The molecule has 0 bridgehead atoms. The van der Waals surface area contributed by atoms with Crippen LogP contribution in [0.1, 0.15) is 32.3 Å². The van der Waals surface area contributed by atoms with Crippen LogP contribution in [0.2, 0.25) is 0 Å². The topological polar surface area (TPSA) is 109 Å². The molecule has 0 spiro atoms. The number of hydrogen-bond donors (Lipinski definition) is 1. The lowest BCUT2D eigenvalue weighted by molar-refractivity contribution is -0.305. The van der Waals surface area contributed by atoms with Gasteiger partial charge in [-0.05, 0) is 43.9 Å². The highest BCUT2D eigenvalue weighted by atomic mass is 16.5. The Labute approximate surface area is 144 Å². The van der Waals surface area contributed by atoms with Crippen molar-refractivity contribution >= 4 is 22.8 Å². The first-order chi connectivity index (χ1) is 11.9. The van der Waals surface area contributed by atoms with Crippen molar-refractivity contribution in [1.82, 2.24) is 5.32 Å². The van der Waals surface area contributed by atoms with Gasteiger partial charge in [-0.1, -0.05) is 6.92 Å². The molecule has 1 aromatic carbocycles. The van der Waals surface area contributed by atoms with Crippen molar-refractivity contribution in [2.45, 2.75) is 39.2 Å². The number of carboxylic acids is 1. The second-order valence-electron chi connectivity index (χ2n) is 5.63. The monoisotopic (exact) mass is 346 g/mol. The highest BCUT2D eigenvalue weighted by molar-refractivity contribution is 5.83. The van der Waals surface area contributed by atoms with E-state index >= 15 is 0 Å². The van der Waals surface area contributed by atoms with Gasteiger partial charge in [-0.2, -0.15) is 0 Å². The van der Waals surface area contributed by atoms with Crippen LogP contribution >= 0.6 is 0 Å². The van der Waals surface area contributed by atoms with Gasteiger partial charge in [-0.15, -0.1) is 0 Å². The van der Waals surface area contributed by atoms with E-state index in [-0.39, 0.29) is 18.9 Å². The average molecular weight is 346 g/mol. The largest absolute Gasteiger partial charge is 0.550 e. The molecule has 7 heteroatoms. The number of carbonyl (C=O) groups excluding carboxylic acids is 2. The zero-order valence-electron chi connectivity index (χ0n) is 14.2. The lowest BCUT2D eigenvalue weighted by Crippen LogP contribution is -2.37. The molecule has 2 aromatic rings. The molecule has 0 saturated carbocycles. The van der Waals surface area contributed by atoms with Gasteiger partial charge in [0, 0.05) is 30.0 Å². The maximum atomic E-state index is 11.9. The fourth-order valence-corrected chi connectivity index (χ4v) is 2.42. The first-order valence-electron chi connectivity index (χ1n) is 8.11. The SMILES string of the molecule is CCc1cc(=O)oc2cc(O[C@@H](C)C(=O)NCCCC(=O)[O-])ccc12. The Bertz CT molecular complexity index is 826. The number of ether oxygens (including phenoxy) is 1. The Hall–Kier alpha value is -2.83. The summed E-state index contributed by atoms with van der Waals surface area (Å²) in [6.07, 6.45) is 0.106. The van der Waals surface area contributed by atoms with E-state index in [4.69, 9.17) is 9.15 Å². The van der Waals surface area contributed by atoms with Crippen LogP contribution in [0.5, 0.6) is 5.75 Å². The number of aliphatic carboxylic acids is 1. The molecule has 1 aromatic heterocycles.